The number of benzene rings is 3. The third kappa shape index (κ3) is 2.79. The number of hydrogen-bond donors (Lipinski definition) is 1. The van der Waals surface area contributed by atoms with Crippen LogP contribution >= 0.6 is 11.6 Å². The second-order valence-corrected chi connectivity index (χ2v) is 8.35. The van der Waals surface area contributed by atoms with Crippen LogP contribution in [0.4, 0.5) is 5.69 Å². The minimum Gasteiger partial charge on any atom is -0.375 e. The van der Waals surface area contributed by atoms with Gasteiger partial charge < -0.3 is 10.0 Å². The molecule has 0 bridgehead atoms. The second-order valence-electron chi connectivity index (χ2n) is 7.92. The molecule has 1 aliphatic heterocycles. The molecule has 0 saturated carbocycles. The summed E-state index contributed by atoms with van der Waals surface area (Å²) in [6, 6.07) is 22.1. The van der Waals surface area contributed by atoms with Crippen molar-refractivity contribution in [1.29, 1.82) is 0 Å². The highest BCUT2D eigenvalue weighted by molar-refractivity contribution is 6.31. The highest BCUT2D eigenvalue weighted by Crippen LogP contribution is 2.49. The SMILES string of the molecule is O=C1c2ccccc2CC[C@H]1[C@@]1(O)C(=O)N(Cc2ccccc2)c2ccc(Cl)cc21. The summed E-state index contributed by atoms with van der Waals surface area (Å²) in [6.07, 6.45) is 1.04. The first-order valence-electron chi connectivity index (χ1n) is 10.0. The Hall–Kier alpha value is -2.95. The van der Waals surface area contributed by atoms with Crippen LogP contribution in [0.1, 0.15) is 33.5 Å². The van der Waals surface area contributed by atoms with Gasteiger partial charge in [-0.1, -0.05) is 66.2 Å². The van der Waals surface area contributed by atoms with E-state index in [9.17, 15) is 14.7 Å². The van der Waals surface area contributed by atoms with E-state index in [1.807, 2.05) is 48.5 Å². The molecule has 30 heavy (non-hydrogen) atoms. The summed E-state index contributed by atoms with van der Waals surface area (Å²) in [7, 11) is 0. The number of nitrogens with zero attached hydrogens (tertiary/aromatic N) is 1. The lowest BCUT2D eigenvalue weighted by Crippen LogP contribution is -2.49. The third-order valence-corrected chi connectivity index (χ3v) is 6.46. The smallest absolute Gasteiger partial charge is 0.264 e. The Kier molecular flexibility index (Phi) is 4.49. The van der Waals surface area contributed by atoms with E-state index in [1.54, 1.807) is 29.2 Å². The van der Waals surface area contributed by atoms with Crippen molar-refractivity contribution in [2.75, 3.05) is 4.90 Å². The van der Waals surface area contributed by atoms with Crippen molar-refractivity contribution in [3.8, 4) is 0 Å². The predicted molar refractivity (Wildman–Crippen MR) is 116 cm³/mol. The van der Waals surface area contributed by atoms with Gasteiger partial charge in [-0.15, -0.1) is 0 Å². The third-order valence-electron chi connectivity index (χ3n) is 6.22. The maximum Gasteiger partial charge on any atom is 0.264 e. The molecule has 5 rings (SSSR count). The van der Waals surface area contributed by atoms with Crippen LogP contribution in [0.3, 0.4) is 0 Å². The van der Waals surface area contributed by atoms with Crippen molar-refractivity contribution in [3.05, 3.63) is 100 Å². The minimum absolute atomic E-state index is 0.194. The number of aryl methyl sites for hydroxylation is 1. The standard InChI is InChI=1S/C25H20ClNO3/c26-18-11-13-22-21(14-18)25(30,24(29)27(22)15-16-6-2-1-3-7-16)20-12-10-17-8-4-5-9-19(17)23(20)28/h1-9,11,13-14,20,30H,10,12,15H2/t20-,25+/m1/s1. The fourth-order valence-electron chi connectivity index (χ4n) is 4.73. The average molecular weight is 418 g/mol. The molecule has 5 heteroatoms. The summed E-state index contributed by atoms with van der Waals surface area (Å²) in [5.74, 6) is -1.51. The number of aliphatic hydroxyl groups is 1. The van der Waals surface area contributed by atoms with Gasteiger partial charge in [-0.2, -0.15) is 0 Å². The van der Waals surface area contributed by atoms with Crippen LogP contribution in [-0.4, -0.2) is 16.8 Å². The van der Waals surface area contributed by atoms with E-state index < -0.39 is 17.4 Å². The van der Waals surface area contributed by atoms with Crippen molar-refractivity contribution < 1.29 is 14.7 Å². The maximum absolute atomic E-state index is 13.6. The van der Waals surface area contributed by atoms with Gasteiger partial charge in [-0.25, -0.2) is 0 Å². The van der Waals surface area contributed by atoms with Crippen LogP contribution in [0.15, 0.2) is 72.8 Å². The number of carbonyl (C=O) groups excluding carboxylic acids is 2. The zero-order chi connectivity index (χ0) is 20.9. The van der Waals surface area contributed by atoms with Crippen molar-refractivity contribution in [1.82, 2.24) is 0 Å². The molecule has 0 saturated heterocycles. The second kappa shape index (κ2) is 7.08. The molecule has 0 unspecified atom stereocenters. The van der Waals surface area contributed by atoms with Crippen LogP contribution in [0.2, 0.25) is 5.02 Å². The Morgan fingerprint density at radius 3 is 2.53 bits per heavy atom. The van der Waals surface area contributed by atoms with E-state index in [0.29, 0.717) is 41.2 Å². The van der Waals surface area contributed by atoms with Gasteiger partial charge in [0.05, 0.1) is 18.2 Å². The Labute approximate surface area is 179 Å². The molecule has 0 spiro atoms. The highest BCUT2D eigenvalue weighted by Gasteiger charge is 2.57. The van der Waals surface area contributed by atoms with Gasteiger partial charge in [-0.3, -0.25) is 9.59 Å². The Morgan fingerprint density at radius 2 is 1.73 bits per heavy atom. The van der Waals surface area contributed by atoms with Gasteiger partial charge in [0.2, 0.25) is 0 Å². The zero-order valence-electron chi connectivity index (χ0n) is 16.2. The number of carbonyl (C=O) groups is 2. The number of rotatable bonds is 3. The van der Waals surface area contributed by atoms with Crippen molar-refractivity contribution in [2.45, 2.75) is 25.0 Å². The number of fused-ring (bicyclic) bond motifs is 2. The average Bonchev–Trinajstić information content (AvgIpc) is 2.97. The van der Waals surface area contributed by atoms with Gasteiger partial charge in [0.25, 0.3) is 5.91 Å². The van der Waals surface area contributed by atoms with E-state index in [1.165, 1.54) is 0 Å². The molecule has 1 heterocycles. The molecule has 1 aliphatic carbocycles. The number of hydrogen-bond acceptors (Lipinski definition) is 3. The van der Waals surface area contributed by atoms with Crippen LogP contribution in [0, 0.1) is 5.92 Å². The molecule has 4 nitrogen and oxygen atoms in total. The molecular formula is C25H20ClNO3. The summed E-state index contributed by atoms with van der Waals surface area (Å²) >= 11 is 6.24. The molecule has 0 radical (unpaired) electrons. The van der Waals surface area contributed by atoms with E-state index >= 15 is 0 Å². The van der Waals surface area contributed by atoms with Crippen LogP contribution < -0.4 is 4.90 Å². The van der Waals surface area contributed by atoms with Crippen molar-refractivity contribution in [2.24, 2.45) is 5.92 Å². The lowest BCUT2D eigenvalue weighted by Gasteiger charge is -2.34. The molecular weight excluding hydrogens is 398 g/mol. The Bertz CT molecular complexity index is 1160. The predicted octanol–water partition coefficient (Wildman–Crippen LogP) is 4.52. The topological polar surface area (TPSA) is 57.6 Å². The minimum atomic E-state index is -1.93. The summed E-state index contributed by atoms with van der Waals surface area (Å²) in [6.45, 7) is 0.314. The fourth-order valence-corrected chi connectivity index (χ4v) is 4.91. The number of ketones is 1. The lowest BCUT2D eigenvalue weighted by atomic mass is 9.71. The summed E-state index contributed by atoms with van der Waals surface area (Å²) in [5.41, 5.74) is 1.56. The van der Waals surface area contributed by atoms with Gasteiger partial charge in [0.1, 0.15) is 0 Å². The molecule has 3 aromatic rings. The first-order valence-corrected chi connectivity index (χ1v) is 10.4. The molecule has 1 N–H and O–H groups in total. The lowest BCUT2D eigenvalue weighted by molar-refractivity contribution is -0.140. The maximum atomic E-state index is 13.6. The first kappa shape index (κ1) is 19.0. The molecule has 3 aromatic carbocycles. The van der Waals surface area contributed by atoms with Crippen LogP contribution in [-0.2, 0) is 23.4 Å². The number of halogens is 1. The summed E-state index contributed by atoms with van der Waals surface area (Å²) in [5, 5.41) is 12.3. The van der Waals surface area contributed by atoms with Gasteiger partial charge >= 0.3 is 0 Å². The number of Topliss-reactive ketones (excluding diaryl/α,β-unsaturated/α-hetero) is 1. The van der Waals surface area contributed by atoms with Crippen LogP contribution in [0.25, 0.3) is 0 Å². The molecule has 1 amide bonds. The number of anilines is 1. The fraction of sp³-hybridized carbons (Fsp3) is 0.200. The van der Waals surface area contributed by atoms with Gasteiger partial charge in [-0.05, 0) is 42.2 Å². The molecule has 0 fully saturated rings. The zero-order valence-corrected chi connectivity index (χ0v) is 17.0. The highest BCUT2D eigenvalue weighted by atomic mass is 35.5. The van der Waals surface area contributed by atoms with E-state index in [-0.39, 0.29) is 5.78 Å². The van der Waals surface area contributed by atoms with Crippen molar-refractivity contribution in [3.63, 3.8) is 0 Å². The molecule has 150 valence electrons. The largest absolute Gasteiger partial charge is 0.375 e. The molecule has 0 aromatic heterocycles. The van der Waals surface area contributed by atoms with Crippen LogP contribution in [0.5, 0.6) is 0 Å². The van der Waals surface area contributed by atoms with Gasteiger partial charge in [0.15, 0.2) is 11.4 Å². The summed E-state index contributed by atoms with van der Waals surface area (Å²) < 4.78 is 0. The van der Waals surface area contributed by atoms with E-state index in [4.69, 9.17) is 11.6 Å². The number of amides is 1. The Morgan fingerprint density at radius 1 is 1.00 bits per heavy atom. The van der Waals surface area contributed by atoms with Crippen molar-refractivity contribution >= 4 is 29.0 Å². The van der Waals surface area contributed by atoms with E-state index in [2.05, 4.69) is 0 Å². The van der Waals surface area contributed by atoms with E-state index in [0.717, 1.165) is 11.1 Å². The monoisotopic (exact) mass is 417 g/mol. The summed E-state index contributed by atoms with van der Waals surface area (Å²) in [4.78, 5) is 28.6. The quantitative estimate of drug-likeness (QED) is 0.681. The first-order chi connectivity index (χ1) is 14.5. The Balaban J connectivity index is 1.61. The molecule has 2 aliphatic rings. The van der Waals surface area contributed by atoms with Gasteiger partial charge in [0, 0.05) is 16.1 Å². The molecule has 2 atom stereocenters. The normalized spacial score (nSPS) is 22.7.